The molecule has 2 atom stereocenters. The van der Waals surface area contributed by atoms with Gasteiger partial charge in [-0.25, -0.2) is 4.79 Å². The van der Waals surface area contributed by atoms with Crippen molar-refractivity contribution in [3.05, 3.63) is 23.8 Å². The molecular formula is C13H15NO4. The van der Waals surface area contributed by atoms with E-state index >= 15 is 0 Å². The predicted molar refractivity (Wildman–Crippen MR) is 65.9 cm³/mol. The summed E-state index contributed by atoms with van der Waals surface area (Å²) < 4.78 is 5.50. The van der Waals surface area contributed by atoms with Gasteiger partial charge in [0.1, 0.15) is 11.8 Å². The largest absolute Gasteiger partial charge is 0.480 e. The van der Waals surface area contributed by atoms with E-state index in [1.54, 1.807) is 19.1 Å². The van der Waals surface area contributed by atoms with Crippen molar-refractivity contribution in [1.82, 2.24) is 0 Å². The number of carbonyl (C=O) groups is 2. The smallest absolute Gasteiger partial charge is 0.326 e. The lowest BCUT2D eigenvalue weighted by atomic mass is 10.1. The molecule has 1 aromatic carbocycles. The van der Waals surface area contributed by atoms with Crippen LogP contribution < -0.4 is 9.64 Å². The monoisotopic (exact) mass is 249 g/mol. The third kappa shape index (κ3) is 1.92. The van der Waals surface area contributed by atoms with Crippen molar-refractivity contribution >= 4 is 17.6 Å². The first kappa shape index (κ1) is 12.4. The summed E-state index contributed by atoms with van der Waals surface area (Å²) in [6.45, 7) is 5.02. The predicted octanol–water partition coefficient (Wildman–Crippen LogP) is 1.58. The van der Waals surface area contributed by atoms with Gasteiger partial charge in [-0.15, -0.1) is 0 Å². The number of carbonyl (C=O) groups excluding carboxylic acids is 1. The van der Waals surface area contributed by atoms with Crippen LogP contribution in [0.25, 0.3) is 0 Å². The molecule has 1 aromatic rings. The second kappa shape index (κ2) is 4.33. The van der Waals surface area contributed by atoms with Crippen molar-refractivity contribution < 1.29 is 19.4 Å². The Morgan fingerprint density at radius 1 is 1.50 bits per heavy atom. The number of carboxylic acids is 1. The molecule has 1 amide bonds. The molecule has 2 unspecified atom stereocenters. The van der Waals surface area contributed by atoms with Crippen molar-refractivity contribution in [1.29, 1.82) is 0 Å². The summed E-state index contributed by atoms with van der Waals surface area (Å²) in [6, 6.07) is 4.44. The molecule has 0 fully saturated rings. The Morgan fingerprint density at radius 3 is 2.78 bits per heavy atom. The maximum Gasteiger partial charge on any atom is 0.326 e. The number of anilines is 1. The highest BCUT2D eigenvalue weighted by Gasteiger charge is 2.36. The van der Waals surface area contributed by atoms with Gasteiger partial charge in [-0.3, -0.25) is 9.69 Å². The number of hydrogen-bond donors (Lipinski definition) is 1. The van der Waals surface area contributed by atoms with Gasteiger partial charge < -0.3 is 9.84 Å². The van der Waals surface area contributed by atoms with Gasteiger partial charge in [-0.1, -0.05) is 6.07 Å². The highest BCUT2D eigenvalue weighted by molar-refractivity contribution is 6.04. The molecular weight excluding hydrogens is 234 g/mol. The molecule has 5 nitrogen and oxygen atoms in total. The van der Waals surface area contributed by atoms with Crippen molar-refractivity contribution in [2.75, 3.05) is 4.90 Å². The van der Waals surface area contributed by atoms with Crippen LogP contribution >= 0.6 is 0 Å². The van der Waals surface area contributed by atoms with Gasteiger partial charge in [0.25, 0.3) is 5.91 Å². The molecule has 18 heavy (non-hydrogen) atoms. The van der Waals surface area contributed by atoms with Crippen molar-refractivity contribution in [3.8, 4) is 5.75 Å². The number of aryl methyl sites for hydroxylation is 1. The summed E-state index contributed by atoms with van der Waals surface area (Å²) >= 11 is 0. The zero-order chi connectivity index (χ0) is 13.4. The van der Waals surface area contributed by atoms with Crippen molar-refractivity contribution in [2.24, 2.45) is 0 Å². The minimum Gasteiger partial charge on any atom is -0.480 e. The summed E-state index contributed by atoms with van der Waals surface area (Å²) in [5, 5.41) is 9.08. The normalized spacial score (nSPS) is 20.1. The van der Waals surface area contributed by atoms with Gasteiger partial charge in [0, 0.05) is 0 Å². The average Bonchev–Trinajstić information content (AvgIpc) is 2.30. The maximum atomic E-state index is 12.1. The van der Waals surface area contributed by atoms with Crippen LogP contribution in [0.1, 0.15) is 19.4 Å². The van der Waals surface area contributed by atoms with E-state index in [4.69, 9.17) is 9.84 Å². The third-order valence-corrected chi connectivity index (χ3v) is 3.01. The molecule has 0 radical (unpaired) electrons. The van der Waals surface area contributed by atoms with Crippen LogP contribution in [0.2, 0.25) is 0 Å². The molecule has 0 aromatic heterocycles. The highest BCUT2D eigenvalue weighted by atomic mass is 16.5. The number of rotatable bonds is 2. The van der Waals surface area contributed by atoms with Gasteiger partial charge >= 0.3 is 5.97 Å². The van der Waals surface area contributed by atoms with Crippen LogP contribution in [0.3, 0.4) is 0 Å². The van der Waals surface area contributed by atoms with E-state index in [1.807, 2.05) is 13.0 Å². The van der Waals surface area contributed by atoms with Crippen LogP contribution in [0.4, 0.5) is 5.69 Å². The molecule has 5 heteroatoms. The van der Waals surface area contributed by atoms with E-state index in [0.717, 1.165) is 5.56 Å². The van der Waals surface area contributed by atoms with Gasteiger partial charge in [-0.2, -0.15) is 0 Å². The molecule has 0 aliphatic carbocycles. The quantitative estimate of drug-likeness (QED) is 0.864. The Labute approximate surface area is 105 Å². The number of benzene rings is 1. The Morgan fingerprint density at radius 2 is 2.17 bits per heavy atom. The van der Waals surface area contributed by atoms with Crippen LogP contribution in [0.5, 0.6) is 5.75 Å². The number of carboxylic acid groups (broad SMARTS) is 1. The van der Waals surface area contributed by atoms with Crippen molar-refractivity contribution in [2.45, 2.75) is 32.9 Å². The number of aliphatic carboxylic acids is 1. The average molecular weight is 249 g/mol. The number of amides is 1. The van der Waals surface area contributed by atoms with Gasteiger partial charge in [-0.05, 0) is 38.5 Å². The Bertz CT molecular complexity index is 512. The number of nitrogens with zero attached hydrogens (tertiary/aromatic N) is 1. The first-order valence-electron chi connectivity index (χ1n) is 5.75. The molecule has 1 aliphatic rings. The maximum absolute atomic E-state index is 12.1. The fourth-order valence-electron chi connectivity index (χ4n) is 1.98. The minimum atomic E-state index is -1.04. The van der Waals surface area contributed by atoms with Crippen LogP contribution in [0, 0.1) is 6.92 Å². The summed E-state index contributed by atoms with van der Waals surface area (Å²) in [7, 11) is 0. The molecule has 0 saturated carbocycles. The van der Waals surface area contributed by atoms with E-state index in [0.29, 0.717) is 11.4 Å². The molecule has 0 saturated heterocycles. The van der Waals surface area contributed by atoms with E-state index in [2.05, 4.69) is 0 Å². The topological polar surface area (TPSA) is 66.8 Å². The van der Waals surface area contributed by atoms with Crippen LogP contribution in [0.15, 0.2) is 18.2 Å². The molecule has 1 N–H and O–H groups in total. The molecule has 0 bridgehead atoms. The van der Waals surface area contributed by atoms with E-state index in [-0.39, 0.29) is 5.91 Å². The zero-order valence-electron chi connectivity index (χ0n) is 10.5. The third-order valence-electron chi connectivity index (χ3n) is 3.01. The van der Waals surface area contributed by atoms with E-state index < -0.39 is 18.1 Å². The lowest BCUT2D eigenvalue weighted by molar-refractivity contribution is -0.140. The zero-order valence-corrected chi connectivity index (χ0v) is 10.5. The summed E-state index contributed by atoms with van der Waals surface area (Å²) in [6.07, 6.45) is -0.666. The lowest BCUT2D eigenvalue weighted by Gasteiger charge is -2.35. The van der Waals surface area contributed by atoms with Crippen molar-refractivity contribution in [3.63, 3.8) is 0 Å². The lowest BCUT2D eigenvalue weighted by Crippen LogP contribution is -2.51. The van der Waals surface area contributed by atoms with E-state index in [1.165, 1.54) is 11.8 Å². The molecule has 96 valence electrons. The highest BCUT2D eigenvalue weighted by Crippen LogP contribution is 2.35. The standard InChI is InChI=1S/C13H15NO4/c1-7-4-5-10-11(6-7)18-9(3)12(15)14(10)8(2)13(16)17/h4-6,8-9H,1-3H3,(H,16,17). The SMILES string of the molecule is Cc1ccc2c(c1)OC(C)C(=O)N2C(C)C(=O)O. The van der Waals surface area contributed by atoms with E-state index in [9.17, 15) is 9.59 Å². The van der Waals surface area contributed by atoms with Crippen LogP contribution in [-0.2, 0) is 9.59 Å². The summed E-state index contributed by atoms with van der Waals surface area (Å²) in [5.74, 6) is -0.819. The Hall–Kier alpha value is -2.04. The Balaban J connectivity index is 2.52. The first-order valence-corrected chi connectivity index (χ1v) is 5.75. The number of fused-ring (bicyclic) bond motifs is 1. The molecule has 2 rings (SSSR count). The number of hydrogen-bond acceptors (Lipinski definition) is 3. The number of ether oxygens (including phenoxy) is 1. The second-order valence-corrected chi connectivity index (χ2v) is 4.45. The van der Waals surface area contributed by atoms with Crippen LogP contribution in [-0.4, -0.2) is 29.1 Å². The van der Waals surface area contributed by atoms with Gasteiger partial charge in [0.2, 0.25) is 0 Å². The fraction of sp³-hybridized carbons (Fsp3) is 0.385. The second-order valence-electron chi connectivity index (χ2n) is 4.45. The summed E-state index contributed by atoms with van der Waals surface area (Å²) in [5.41, 5.74) is 1.51. The first-order chi connectivity index (χ1) is 8.41. The molecule has 0 spiro atoms. The van der Waals surface area contributed by atoms with Gasteiger partial charge in [0.15, 0.2) is 6.10 Å². The fourth-order valence-corrected chi connectivity index (χ4v) is 1.98. The minimum absolute atomic E-state index is 0.332. The Kier molecular flexibility index (Phi) is 2.98. The van der Waals surface area contributed by atoms with Gasteiger partial charge in [0.05, 0.1) is 5.69 Å². The molecule has 1 aliphatic heterocycles. The molecule has 1 heterocycles. The summed E-state index contributed by atoms with van der Waals surface area (Å²) in [4.78, 5) is 24.4.